The second kappa shape index (κ2) is 2.68. The summed E-state index contributed by atoms with van der Waals surface area (Å²) in [5.74, 6) is 0.122. The Hall–Kier alpha value is -2.30. The first-order chi connectivity index (χ1) is 8.20. The van der Waals surface area contributed by atoms with Crippen LogP contribution in [-0.4, -0.2) is 0 Å². The molecule has 0 saturated heterocycles. The number of fused-ring (bicyclic) bond motifs is 1. The van der Waals surface area contributed by atoms with E-state index in [0.29, 0.717) is 11.8 Å². The molecule has 2 saturated carbocycles. The zero-order chi connectivity index (χ0) is 12.3. The van der Waals surface area contributed by atoms with Gasteiger partial charge in [-0.25, -0.2) is 0 Å². The van der Waals surface area contributed by atoms with Crippen LogP contribution in [0.2, 0.25) is 0 Å². The van der Waals surface area contributed by atoms with Gasteiger partial charge in [0.05, 0.1) is 24.3 Å². The number of hydrogen-bond acceptors (Lipinski definition) is 4. The third kappa shape index (κ3) is 0.759. The van der Waals surface area contributed by atoms with E-state index in [1.807, 2.05) is 36.4 Å². The van der Waals surface area contributed by atoms with Gasteiger partial charge in [0.15, 0.2) is 10.8 Å². The molecule has 4 aliphatic rings. The summed E-state index contributed by atoms with van der Waals surface area (Å²) in [5, 5.41) is 37.6. The maximum atomic E-state index is 9.39. The Morgan fingerprint density at radius 2 is 1.12 bits per heavy atom. The van der Waals surface area contributed by atoms with Crippen molar-refractivity contribution in [1.29, 1.82) is 21.0 Å². The second-order valence-corrected chi connectivity index (χ2v) is 5.06. The van der Waals surface area contributed by atoms with Gasteiger partial charge in [-0.2, -0.15) is 21.0 Å². The molecule has 4 heteroatoms. The molecule has 0 amide bonds. The molecule has 0 N–H and O–H groups in total. The Morgan fingerprint density at radius 3 is 1.41 bits per heavy atom. The minimum Gasteiger partial charge on any atom is -0.196 e. The monoisotopic (exact) mass is 220 g/mol. The fraction of sp³-hybridized carbons (Fsp3) is 0.538. The van der Waals surface area contributed by atoms with Gasteiger partial charge in [-0.15, -0.1) is 0 Å². The molecule has 0 aromatic carbocycles. The van der Waals surface area contributed by atoms with E-state index in [1.54, 1.807) is 0 Å². The maximum Gasteiger partial charge on any atom is 0.182 e. The molecule has 4 atom stereocenters. The standard InChI is InChI=1S/C13H8N4/c14-4-12(5-15)10-1-2-11(9-3-8(9)10)13(12,6-16)7-17/h1-2,8-11H,3H2/t8-,9+,10-,11+. The molecule has 80 valence electrons. The minimum absolute atomic E-state index is 0.258. The van der Waals surface area contributed by atoms with E-state index in [0.717, 1.165) is 6.42 Å². The number of nitriles is 4. The fourth-order valence-corrected chi connectivity index (χ4v) is 3.74. The Morgan fingerprint density at radius 1 is 0.765 bits per heavy atom. The molecule has 0 spiro atoms. The van der Waals surface area contributed by atoms with Gasteiger partial charge in [0.1, 0.15) is 0 Å². The van der Waals surface area contributed by atoms with Crippen LogP contribution in [0.3, 0.4) is 0 Å². The van der Waals surface area contributed by atoms with Gasteiger partial charge in [0, 0.05) is 11.8 Å². The first-order valence-electron chi connectivity index (χ1n) is 5.54. The molecule has 4 aliphatic carbocycles. The molecule has 2 fully saturated rings. The average Bonchev–Trinajstić information content (AvgIpc) is 3.18. The Balaban J connectivity index is 2.32. The van der Waals surface area contributed by atoms with Crippen molar-refractivity contribution in [2.45, 2.75) is 6.42 Å². The lowest BCUT2D eigenvalue weighted by Crippen LogP contribution is -2.54. The van der Waals surface area contributed by atoms with Crippen LogP contribution in [0, 0.1) is 79.8 Å². The van der Waals surface area contributed by atoms with E-state index >= 15 is 0 Å². The molecular weight excluding hydrogens is 212 g/mol. The van der Waals surface area contributed by atoms with Crippen LogP contribution in [-0.2, 0) is 0 Å². The van der Waals surface area contributed by atoms with Gasteiger partial charge in [0.25, 0.3) is 0 Å². The normalized spacial score (nSPS) is 41.2. The Labute approximate surface area is 99.0 Å². The van der Waals surface area contributed by atoms with Gasteiger partial charge >= 0.3 is 0 Å². The third-order valence-corrected chi connectivity index (χ3v) is 4.67. The van der Waals surface area contributed by atoms with Gasteiger partial charge in [-0.3, -0.25) is 0 Å². The molecule has 4 nitrogen and oxygen atoms in total. The summed E-state index contributed by atoms with van der Waals surface area (Å²) in [5.41, 5.74) is -2.98. The zero-order valence-corrected chi connectivity index (χ0v) is 8.96. The lowest BCUT2D eigenvalue weighted by atomic mass is 9.47. The van der Waals surface area contributed by atoms with Gasteiger partial charge in [0.2, 0.25) is 0 Å². The first-order valence-corrected chi connectivity index (χ1v) is 5.54. The van der Waals surface area contributed by atoms with Crippen LogP contribution < -0.4 is 0 Å². The first kappa shape index (κ1) is 9.89. The molecule has 0 aromatic heterocycles. The molecule has 0 unspecified atom stereocenters. The van der Waals surface area contributed by atoms with Crippen LogP contribution in [0.15, 0.2) is 12.2 Å². The van der Waals surface area contributed by atoms with Crippen molar-refractivity contribution in [3.63, 3.8) is 0 Å². The lowest BCUT2D eigenvalue weighted by molar-refractivity contribution is 0.0799. The Bertz CT molecular complexity index is 509. The topological polar surface area (TPSA) is 95.2 Å². The number of hydrogen-bond donors (Lipinski definition) is 0. The van der Waals surface area contributed by atoms with Crippen molar-refractivity contribution in [3.05, 3.63) is 12.2 Å². The molecule has 0 heterocycles. The van der Waals surface area contributed by atoms with Crippen molar-refractivity contribution in [2.24, 2.45) is 34.5 Å². The number of rotatable bonds is 0. The van der Waals surface area contributed by atoms with E-state index in [2.05, 4.69) is 0 Å². The quantitative estimate of drug-likeness (QED) is 0.578. The Kier molecular flexibility index (Phi) is 1.56. The zero-order valence-electron chi connectivity index (χ0n) is 8.96. The van der Waals surface area contributed by atoms with E-state index in [-0.39, 0.29) is 11.8 Å². The summed E-state index contributed by atoms with van der Waals surface area (Å²) < 4.78 is 0. The van der Waals surface area contributed by atoms with E-state index < -0.39 is 10.8 Å². The molecule has 0 radical (unpaired) electrons. The molecular formula is C13H8N4. The second-order valence-electron chi connectivity index (χ2n) is 5.06. The smallest absolute Gasteiger partial charge is 0.182 e. The van der Waals surface area contributed by atoms with E-state index in [9.17, 15) is 21.0 Å². The summed E-state index contributed by atoms with van der Waals surface area (Å²) in [4.78, 5) is 0. The molecule has 4 rings (SSSR count). The number of nitrogens with zero attached hydrogens (tertiary/aromatic N) is 4. The van der Waals surface area contributed by atoms with E-state index in [1.165, 1.54) is 0 Å². The van der Waals surface area contributed by atoms with E-state index in [4.69, 9.17) is 0 Å². The average molecular weight is 220 g/mol. The van der Waals surface area contributed by atoms with Crippen LogP contribution in [0.1, 0.15) is 6.42 Å². The van der Waals surface area contributed by atoms with Gasteiger partial charge in [-0.1, -0.05) is 12.2 Å². The van der Waals surface area contributed by atoms with Crippen molar-refractivity contribution >= 4 is 0 Å². The fourth-order valence-electron chi connectivity index (χ4n) is 3.74. The summed E-state index contributed by atoms with van der Waals surface area (Å²) in [7, 11) is 0. The summed E-state index contributed by atoms with van der Waals surface area (Å²) in [6.45, 7) is 0. The molecule has 0 aromatic rings. The molecule has 17 heavy (non-hydrogen) atoms. The highest BCUT2D eigenvalue weighted by Crippen LogP contribution is 2.71. The van der Waals surface area contributed by atoms with Crippen molar-refractivity contribution in [2.75, 3.05) is 0 Å². The summed E-state index contributed by atoms with van der Waals surface area (Å²) in [6, 6.07) is 7.96. The highest BCUT2D eigenvalue weighted by molar-refractivity contribution is 5.47. The maximum absolute atomic E-state index is 9.39. The van der Waals surface area contributed by atoms with Crippen LogP contribution in [0.4, 0.5) is 0 Å². The highest BCUT2D eigenvalue weighted by atomic mass is 14.7. The van der Waals surface area contributed by atoms with Gasteiger partial charge < -0.3 is 0 Å². The van der Waals surface area contributed by atoms with Crippen molar-refractivity contribution in [3.8, 4) is 24.3 Å². The predicted octanol–water partition coefficient (Wildman–Crippen LogP) is 1.51. The lowest BCUT2D eigenvalue weighted by Gasteiger charge is -2.47. The minimum atomic E-state index is -1.49. The number of allylic oxidation sites excluding steroid dienone is 2. The van der Waals surface area contributed by atoms with Crippen molar-refractivity contribution < 1.29 is 0 Å². The van der Waals surface area contributed by atoms with Crippen molar-refractivity contribution in [1.82, 2.24) is 0 Å². The molecule has 0 aliphatic heterocycles. The van der Waals surface area contributed by atoms with Crippen LogP contribution in [0.5, 0.6) is 0 Å². The highest BCUT2D eigenvalue weighted by Gasteiger charge is 2.75. The van der Waals surface area contributed by atoms with Crippen LogP contribution in [0.25, 0.3) is 0 Å². The third-order valence-electron chi connectivity index (χ3n) is 4.67. The largest absolute Gasteiger partial charge is 0.196 e. The SMILES string of the molecule is N#CC1(C#N)[C@@H]2C=C[C@@H]([C@H]3C[C@H]32)C1(C#N)C#N. The van der Waals surface area contributed by atoms with Gasteiger partial charge in [-0.05, 0) is 18.3 Å². The molecule has 2 bridgehead atoms. The van der Waals surface area contributed by atoms with Crippen LogP contribution >= 0.6 is 0 Å². The summed E-state index contributed by atoms with van der Waals surface area (Å²) >= 11 is 0. The summed E-state index contributed by atoms with van der Waals surface area (Å²) in [6.07, 6.45) is 4.68. The predicted molar refractivity (Wildman–Crippen MR) is 55.0 cm³/mol.